The van der Waals surface area contributed by atoms with E-state index < -0.39 is 5.82 Å². The first-order valence-electron chi connectivity index (χ1n) is 9.44. The average Bonchev–Trinajstić information content (AvgIpc) is 2.74. The van der Waals surface area contributed by atoms with Gasteiger partial charge in [-0.05, 0) is 37.5 Å². The van der Waals surface area contributed by atoms with E-state index in [9.17, 15) is 9.18 Å². The lowest BCUT2D eigenvalue weighted by atomic mass is 10.1. The number of hydrogen-bond donors (Lipinski definition) is 0. The van der Waals surface area contributed by atoms with E-state index in [0.29, 0.717) is 26.2 Å². The molecule has 2 fully saturated rings. The van der Waals surface area contributed by atoms with Crippen molar-refractivity contribution in [3.8, 4) is 0 Å². The molecule has 2 aliphatic rings. The number of pyridine rings is 1. The van der Waals surface area contributed by atoms with Gasteiger partial charge in [0, 0.05) is 45.5 Å². The van der Waals surface area contributed by atoms with Crippen molar-refractivity contribution in [3.63, 3.8) is 0 Å². The Morgan fingerprint density at radius 2 is 1.48 bits per heavy atom. The number of piperazine rings is 1. The second-order valence-corrected chi connectivity index (χ2v) is 6.97. The number of carbonyl (C=O) groups excluding carboxylic acids is 1. The third-order valence-electron chi connectivity index (χ3n) is 5.16. The molecule has 2 saturated heterocycles. The Balaban J connectivity index is 1.35. The van der Waals surface area contributed by atoms with Crippen LogP contribution in [0.15, 0.2) is 30.6 Å². The highest BCUT2D eigenvalue weighted by atomic mass is 19.1. The summed E-state index contributed by atoms with van der Waals surface area (Å²) in [6.07, 6.45) is 6.21. The monoisotopic (exact) mass is 370 g/mol. The Labute approximate surface area is 157 Å². The highest BCUT2D eigenvalue weighted by Crippen LogP contribution is 2.20. The maximum absolute atomic E-state index is 13.3. The van der Waals surface area contributed by atoms with Crippen LogP contribution in [0.25, 0.3) is 0 Å². The third kappa shape index (κ3) is 3.99. The molecule has 0 radical (unpaired) electrons. The molecule has 0 aliphatic carbocycles. The van der Waals surface area contributed by atoms with Crippen molar-refractivity contribution in [2.75, 3.05) is 49.1 Å². The van der Waals surface area contributed by atoms with Crippen LogP contribution in [0.1, 0.15) is 29.6 Å². The van der Waals surface area contributed by atoms with Gasteiger partial charge in [-0.3, -0.25) is 9.78 Å². The highest BCUT2D eigenvalue weighted by Gasteiger charge is 2.24. The summed E-state index contributed by atoms with van der Waals surface area (Å²) in [4.78, 5) is 22.4. The summed E-state index contributed by atoms with van der Waals surface area (Å²) in [5.74, 6) is 1.08. The summed E-state index contributed by atoms with van der Waals surface area (Å²) >= 11 is 0. The zero-order valence-corrected chi connectivity index (χ0v) is 15.2. The molecule has 0 aromatic carbocycles. The fourth-order valence-corrected chi connectivity index (χ4v) is 3.63. The van der Waals surface area contributed by atoms with Crippen molar-refractivity contribution in [2.24, 2.45) is 0 Å². The van der Waals surface area contributed by atoms with E-state index in [0.717, 1.165) is 30.9 Å². The van der Waals surface area contributed by atoms with Gasteiger partial charge in [0.15, 0.2) is 11.6 Å². The van der Waals surface area contributed by atoms with Gasteiger partial charge < -0.3 is 14.7 Å². The van der Waals surface area contributed by atoms with Gasteiger partial charge in [0.05, 0.1) is 11.8 Å². The second-order valence-electron chi connectivity index (χ2n) is 6.97. The van der Waals surface area contributed by atoms with E-state index in [1.807, 2.05) is 12.1 Å². The Kier molecular flexibility index (Phi) is 5.13. The minimum atomic E-state index is -0.497. The number of piperidine rings is 1. The number of hydrogen-bond acceptors (Lipinski definition) is 6. The maximum atomic E-state index is 13.3. The molecule has 2 aromatic rings. The van der Waals surface area contributed by atoms with Gasteiger partial charge in [-0.2, -0.15) is 0 Å². The number of carbonyl (C=O) groups is 1. The summed E-state index contributed by atoms with van der Waals surface area (Å²) in [6.45, 7) is 4.56. The highest BCUT2D eigenvalue weighted by molar-refractivity contribution is 5.94. The summed E-state index contributed by atoms with van der Waals surface area (Å²) in [7, 11) is 0. The number of aromatic nitrogens is 3. The van der Waals surface area contributed by atoms with Crippen molar-refractivity contribution >= 4 is 17.5 Å². The van der Waals surface area contributed by atoms with Crippen LogP contribution in [0.5, 0.6) is 0 Å². The predicted molar refractivity (Wildman–Crippen MR) is 100 cm³/mol. The van der Waals surface area contributed by atoms with Crippen LogP contribution in [0.4, 0.5) is 16.0 Å². The molecule has 0 saturated carbocycles. The van der Waals surface area contributed by atoms with E-state index >= 15 is 0 Å². The molecule has 8 heteroatoms. The summed E-state index contributed by atoms with van der Waals surface area (Å²) in [5, 5.41) is 8.78. The van der Waals surface area contributed by atoms with Crippen molar-refractivity contribution in [1.29, 1.82) is 0 Å². The van der Waals surface area contributed by atoms with Crippen molar-refractivity contribution in [1.82, 2.24) is 20.1 Å². The van der Waals surface area contributed by atoms with Gasteiger partial charge in [0.25, 0.3) is 5.91 Å². The molecule has 0 atom stereocenters. The first-order valence-corrected chi connectivity index (χ1v) is 9.44. The van der Waals surface area contributed by atoms with Crippen molar-refractivity contribution in [2.45, 2.75) is 19.3 Å². The average molecular weight is 370 g/mol. The fraction of sp³-hybridized carbons (Fsp3) is 0.474. The van der Waals surface area contributed by atoms with E-state index in [-0.39, 0.29) is 11.5 Å². The predicted octanol–water partition coefficient (Wildman–Crippen LogP) is 1.96. The number of rotatable bonds is 3. The molecule has 2 aliphatic heterocycles. The van der Waals surface area contributed by atoms with Crippen LogP contribution >= 0.6 is 0 Å². The van der Waals surface area contributed by atoms with Crippen LogP contribution in [-0.2, 0) is 0 Å². The fourth-order valence-electron chi connectivity index (χ4n) is 3.63. The Bertz CT molecular complexity index is 785. The summed E-state index contributed by atoms with van der Waals surface area (Å²) < 4.78 is 13.3. The zero-order chi connectivity index (χ0) is 18.6. The van der Waals surface area contributed by atoms with Gasteiger partial charge in [0.1, 0.15) is 5.82 Å². The number of amides is 1. The smallest absolute Gasteiger partial charge is 0.255 e. The molecule has 0 unspecified atom stereocenters. The molecule has 142 valence electrons. The SMILES string of the molecule is O=C(c1cncc(F)c1)N1CCN(c2ccc(N3CCCCC3)nn2)CC1. The molecule has 4 heterocycles. The van der Waals surface area contributed by atoms with Crippen LogP contribution in [0.3, 0.4) is 0 Å². The topological polar surface area (TPSA) is 65.5 Å². The molecule has 4 rings (SSSR count). The summed E-state index contributed by atoms with van der Waals surface area (Å²) in [6, 6.07) is 5.26. The largest absolute Gasteiger partial charge is 0.355 e. The molecule has 0 bridgehead atoms. The Hall–Kier alpha value is -2.77. The molecular weight excluding hydrogens is 347 g/mol. The van der Waals surface area contributed by atoms with Crippen LogP contribution in [0, 0.1) is 5.82 Å². The molecular formula is C19H23FN6O. The van der Waals surface area contributed by atoms with Gasteiger partial charge in [-0.1, -0.05) is 0 Å². The first-order chi connectivity index (χ1) is 13.2. The van der Waals surface area contributed by atoms with Gasteiger partial charge in [0.2, 0.25) is 0 Å². The molecule has 0 spiro atoms. The normalized spacial score (nSPS) is 17.9. The lowest BCUT2D eigenvalue weighted by Crippen LogP contribution is -2.49. The van der Waals surface area contributed by atoms with Gasteiger partial charge in [-0.25, -0.2) is 4.39 Å². The Morgan fingerprint density at radius 1 is 0.852 bits per heavy atom. The minimum Gasteiger partial charge on any atom is -0.355 e. The van der Waals surface area contributed by atoms with E-state index in [4.69, 9.17) is 0 Å². The number of halogens is 1. The molecule has 27 heavy (non-hydrogen) atoms. The first kappa shape index (κ1) is 17.6. The molecule has 0 N–H and O–H groups in total. The zero-order valence-electron chi connectivity index (χ0n) is 15.2. The molecule has 1 amide bonds. The number of anilines is 2. The minimum absolute atomic E-state index is 0.187. The number of nitrogens with zero attached hydrogens (tertiary/aromatic N) is 6. The summed E-state index contributed by atoms with van der Waals surface area (Å²) in [5.41, 5.74) is 0.286. The van der Waals surface area contributed by atoms with Crippen LogP contribution in [0.2, 0.25) is 0 Å². The van der Waals surface area contributed by atoms with Gasteiger partial charge >= 0.3 is 0 Å². The lowest BCUT2D eigenvalue weighted by Gasteiger charge is -2.35. The molecule has 2 aromatic heterocycles. The lowest BCUT2D eigenvalue weighted by molar-refractivity contribution is 0.0745. The quantitative estimate of drug-likeness (QED) is 0.823. The van der Waals surface area contributed by atoms with Crippen molar-refractivity contribution in [3.05, 3.63) is 42.0 Å². The van der Waals surface area contributed by atoms with E-state index in [1.54, 1.807) is 4.90 Å². The van der Waals surface area contributed by atoms with E-state index in [2.05, 4.69) is 25.0 Å². The molecule has 7 nitrogen and oxygen atoms in total. The second kappa shape index (κ2) is 7.85. The third-order valence-corrected chi connectivity index (χ3v) is 5.16. The Morgan fingerprint density at radius 3 is 2.07 bits per heavy atom. The van der Waals surface area contributed by atoms with Crippen molar-refractivity contribution < 1.29 is 9.18 Å². The van der Waals surface area contributed by atoms with Gasteiger partial charge in [-0.15, -0.1) is 10.2 Å². The van der Waals surface area contributed by atoms with E-state index in [1.165, 1.54) is 31.5 Å². The maximum Gasteiger partial charge on any atom is 0.255 e. The standard InChI is InChI=1S/C19H23FN6O/c20-16-12-15(13-21-14-16)19(27)26-10-8-25(9-11-26)18-5-4-17(22-23-18)24-6-2-1-3-7-24/h4-5,12-14H,1-3,6-11H2. The van der Waals surface area contributed by atoms with Crippen LogP contribution in [-0.4, -0.2) is 65.3 Å². The van der Waals surface area contributed by atoms with Crippen LogP contribution < -0.4 is 9.80 Å².